The number of aryl methyl sites for hydroxylation is 1. The van der Waals surface area contributed by atoms with Crippen LogP contribution >= 0.6 is 0 Å². The first kappa shape index (κ1) is 11.2. The van der Waals surface area contributed by atoms with Crippen LogP contribution in [0.4, 0.5) is 0 Å². The quantitative estimate of drug-likeness (QED) is 0.765. The van der Waals surface area contributed by atoms with E-state index in [9.17, 15) is 9.59 Å². The molecule has 78 valence electrons. The molecule has 0 spiro atoms. The summed E-state index contributed by atoms with van der Waals surface area (Å²) < 4.78 is 0. The van der Waals surface area contributed by atoms with Gasteiger partial charge < -0.3 is 9.90 Å². The van der Waals surface area contributed by atoms with Crippen molar-refractivity contribution in [2.75, 3.05) is 0 Å². The third kappa shape index (κ3) is 3.06. The minimum Gasteiger partial charge on any atom is -0.478 e. The molecule has 15 heavy (non-hydrogen) atoms. The van der Waals surface area contributed by atoms with Gasteiger partial charge >= 0.3 is 5.97 Å². The molecule has 0 unspecified atom stereocenters. The Balaban J connectivity index is 3.07. The van der Waals surface area contributed by atoms with Crippen LogP contribution in [-0.4, -0.2) is 17.4 Å². The molecule has 0 aliphatic carbocycles. The van der Waals surface area contributed by atoms with Crippen LogP contribution in [0.3, 0.4) is 0 Å². The molecular weight excluding hydrogens is 192 g/mol. The Morgan fingerprint density at radius 3 is 2.80 bits per heavy atom. The highest BCUT2D eigenvalue weighted by Crippen LogP contribution is 2.13. The molecule has 0 radical (unpaired) electrons. The normalized spacial score (nSPS) is 10.5. The minimum atomic E-state index is -0.958. The topological polar surface area (TPSA) is 54.4 Å². The summed E-state index contributed by atoms with van der Waals surface area (Å²) in [5.41, 5.74) is 1.87. The number of benzene rings is 1. The molecule has 0 heterocycles. The van der Waals surface area contributed by atoms with Crippen molar-refractivity contribution in [1.82, 2.24) is 0 Å². The Morgan fingerprint density at radius 2 is 2.20 bits per heavy atom. The van der Waals surface area contributed by atoms with Crippen LogP contribution in [0.5, 0.6) is 0 Å². The summed E-state index contributed by atoms with van der Waals surface area (Å²) >= 11 is 0. The molecule has 1 N–H and O–H groups in total. The smallest absolute Gasteiger partial charge is 0.336 e. The van der Waals surface area contributed by atoms with Gasteiger partial charge in [0.05, 0.1) is 5.56 Å². The number of carboxylic acid groups (broad SMARTS) is 1. The molecule has 0 saturated carbocycles. The van der Waals surface area contributed by atoms with Crippen LogP contribution < -0.4 is 0 Å². The molecule has 0 aliphatic rings. The molecule has 1 rings (SSSR count). The summed E-state index contributed by atoms with van der Waals surface area (Å²) in [6, 6.07) is 5.10. The number of carboxylic acids is 1. The fraction of sp³-hybridized carbons (Fsp3) is 0.167. The summed E-state index contributed by atoms with van der Waals surface area (Å²) in [6.07, 6.45) is 4.37. The van der Waals surface area contributed by atoms with Crippen LogP contribution in [-0.2, 0) is 4.79 Å². The fourth-order valence-corrected chi connectivity index (χ4v) is 1.27. The van der Waals surface area contributed by atoms with Gasteiger partial charge in [0, 0.05) is 6.42 Å². The average Bonchev–Trinajstić information content (AvgIpc) is 2.18. The zero-order valence-corrected chi connectivity index (χ0v) is 8.43. The molecule has 1 aromatic rings. The Bertz CT molecular complexity index is 405. The van der Waals surface area contributed by atoms with Crippen LogP contribution in [0.25, 0.3) is 6.08 Å². The largest absolute Gasteiger partial charge is 0.478 e. The number of rotatable bonds is 4. The van der Waals surface area contributed by atoms with E-state index in [2.05, 4.69) is 0 Å². The van der Waals surface area contributed by atoms with E-state index in [0.717, 1.165) is 11.8 Å². The summed E-state index contributed by atoms with van der Waals surface area (Å²) in [5.74, 6) is -0.958. The van der Waals surface area contributed by atoms with Gasteiger partial charge in [0.1, 0.15) is 6.29 Å². The highest BCUT2D eigenvalue weighted by atomic mass is 16.4. The lowest BCUT2D eigenvalue weighted by Crippen LogP contribution is -1.99. The van der Waals surface area contributed by atoms with Crippen molar-refractivity contribution in [3.05, 3.63) is 41.0 Å². The first-order valence-corrected chi connectivity index (χ1v) is 4.59. The van der Waals surface area contributed by atoms with Gasteiger partial charge in [0.2, 0.25) is 0 Å². The van der Waals surface area contributed by atoms with E-state index in [0.29, 0.717) is 12.0 Å². The van der Waals surface area contributed by atoms with Crippen molar-refractivity contribution in [2.45, 2.75) is 13.3 Å². The molecule has 0 atom stereocenters. The van der Waals surface area contributed by atoms with Crippen LogP contribution in [0.2, 0.25) is 0 Å². The second-order valence-electron chi connectivity index (χ2n) is 3.20. The molecule has 0 saturated heterocycles. The van der Waals surface area contributed by atoms with Gasteiger partial charge in [-0.25, -0.2) is 4.79 Å². The number of carbonyl (C=O) groups is 2. The van der Waals surface area contributed by atoms with E-state index in [1.54, 1.807) is 30.4 Å². The minimum absolute atomic E-state index is 0.253. The van der Waals surface area contributed by atoms with Gasteiger partial charge in [-0.05, 0) is 18.6 Å². The second kappa shape index (κ2) is 5.10. The van der Waals surface area contributed by atoms with Crippen LogP contribution in [0, 0.1) is 6.92 Å². The van der Waals surface area contributed by atoms with Crippen molar-refractivity contribution in [1.29, 1.82) is 0 Å². The molecule has 3 nitrogen and oxygen atoms in total. The van der Waals surface area contributed by atoms with E-state index in [1.165, 1.54) is 0 Å². The summed E-state index contributed by atoms with van der Waals surface area (Å²) in [6.45, 7) is 1.89. The highest BCUT2D eigenvalue weighted by molar-refractivity contribution is 5.92. The standard InChI is InChI=1S/C12H12O3/c1-9-5-6-11(12(14)15)10(8-9)4-2-3-7-13/h2,4-8H,3H2,1H3,(H,14,15). The van der Waals surface area contributed by atoms with E-state index < -0.39 is 5.97 Å². The Morgan fingerprint density at radius 1 is 1.47 bits per heavy atom. The molecule has 0 amide bonds. The van der Waals surface area contributed by atoms with Gasteiger partial charge in [-0.3, -0.25) is 0 Å². The van der Waals surface area contributed by atoms with Gasteiger partial charge in [-0.2, -0.15) is 0 Å². The molecule has 0 bridgehead atoms. The Kier molecular flexibility index (Phi) is 3.80. The van der Waals surface area contributed by atoms with E-state index >= 15 is 0 Å². The van der Waals surface area contributed by atoms with E-state index in [-0.39, 0.29) is 5.56 Å². The first-order chi connectivity index (χ1) is 7.15. The lowest BCUT2D eigenvalue weighted by Gasteiger charge is -2.02. The monoisotopic (exact) mass is 204 g/mol. The summed E-state index contributed by atoms with van der Waals surface area (Å²) in [7, 11) is 0. The maximum atomic E-state index is 10.9. The number of hydrogen-bond donors (Lipinski definition) is 1. The number of aromatic carboxylic acids is 1. The maximum Gasteiger partial charge on any atom is 0.336 e. The molecule has 0 fully saturated rings. The van der Waals surface area contributed by atoms with Gasteiger partial charge in [0.25, 0.3) is 0 Å². The molecule has 0 aliphatic heterocycles. The molecule has 0 aromatic heterocycles. The Hall–Kier alpha value is -1.90. The van der Waals surface area contributed by atoms with Crippen molar-refractivity contribution < 1.29 is 14.7 Å². The first-order valence-electron chi connectivity index (χ1n) is 4.59. The van der Waals surface area contributed by atoms with Crippen molar-refractivity contribution in [2.24, 2.45) is 0 Å². The maximum absolute atomic E-state index is 10.9. The van der Waals surface area contributed by atoms with Crippen LogP contribution in [0.15, 0.2) is 24.3 Å². The zero-order chi connectivity index (χ0) is 11.3. The zero-order valence-electron chi connectivity index (χ0n) is 8.43. The van der Waals surface area contributed by atoms with E-state index in [1.807, 2.05) is 6.92 Å². The second-order valence-corrected chi connectivity index (χ2v) is 3.20. The van der Waals surface area contributed by atoms with Crippen molar-refractivity contribution >= 4 is 18.3 Å². The number of allylic oxidation sites excluding steroid dienone is 1. The highest BCUT2D eigenvalue weighted by Gasteiger charge is 2.06. The lowest BCUT2D eigenvalue weighted by molar-refractivity contribution is -0.107. The fourth-order valence-electron chi connectivity index (χ4n) is 1.27. The number of aldehydes is 1. The predicted octanol–water partition coefficient (Wildman–Crippen LogP) is 2.30. The third-order valence-corrected chi connectivity index (χ3v) is 1.97. The number of hydrogen-bond acceptors (Lipinski definition) is 2. The van der Waals surface area contributed by atoms with Crippen molar-refractivity contribution in [3.8, 4) is 0 Å². The average molecular weight is 204 g/mol. The predicted molar refractivity (Wildman–Crippen MR) is 57.9 cm³/mol. The van der Waals surface area contributed by atoms with E-state index in [4.69, 9.17) is 5.11 Å². The summed E-state index contributed by atoms with van der Waals surface area (Å²) in [4.78, 5) is 21.0. The molecule has 1 aromatic carbocycles. The molecule has 3 heteroatoms. The SMILES string of the molecule is Cc1ccc(C(=O)O)c(C=CCC=O)c1. The molecular formula is C12H12O3. The van der Waals surface area contributed by atoms with Crippen molar-refractivity contribution in [3.63, 3.8) is 0 Å². The summed E-state index contributed by atoms with van der Waals surface area (Å²) in [5, 5.41) is 8.91. The van der Waals surface area contributed by atoms with Gasteiger partial charge in [-0.1, -0.05) is 29.8 Å². The lowest BCUT2D eigenvalue weighted by atomic mass is 10.0. The Labute approximate surface area is 88.0 Å². The van der Waals surface area contributed by atoms with Gasteiger partial charge in [-0.15, -0.1) is 0 Å². The number of carbonyl (C=O) groups excluding carboxylic acids is 1. The van der Waals surface area contributed by atoms with Crippen LogP contribution in [0.1, 0.15) is 27.9 Å². The third-order valence-electron chi connectivity index (χ3n) is 1.97. The van der Waals surface area contributed by atoms with Gasteiger partial charge in [0.15, 0.2) is 0 Å².